The molecule has 3 heterocycles. The zero-order valence-corrected chi connectivity index (χ0v) is 17.5. The van der Waals surface area contributed by atoms with Crippen LogP contribution in [0, 0.1) is 5.92 Å². The number of anilines is 2. The van der Waals surface area contributed by atoms with Crippen molar-refractivity contribution < 1.29 is 14.3 Å². The van der Waals surface area contributed by atoms with Gasteiger partial charge in [-0.25, -0.2) is 0 Å². The average molecular weight is 412 g/mol. The molecular formula is C22H28N4O4. The Balaban J connectivity index is 1.66. The molecule has 0 aromatic carbocycles. The second-order valence-corrected chi connectivity index (χ2v) is 7.37. The van der Waals surface area contributed by atoms with Crippen molar-refractivity contribution in [1.82, 2.24) is 9.55 Å². The number of hydrogen-bond acceptors (Lipinski definition) is 6. The van der Waals surface area contributed by atoms with Gasteiger partial charge >= 0.3 is 5.97 Å². The van der Waals surface area contributed by atoms with E-state index in [0.717, 1.165) is 31.5 Å². The number of carbonyl (C=O) groups excluding carboxylic acids is 2. The van der Waals surface area contributed by atoms with Crippen LogP contribution in [0.3, 0.4) is 0 Å². The van der Waals surface area contributed by atoms with Crippen molar-refractivity contribution in [3.63, 3.8) is 0 Å². The molecule has 1 atom stereocenters. The van der Waals surface area contributed by atoms with Gasteiger partial charge < -0.3 is 19.5 Å². The number of pyridine rings is 2. The van der Waals surface area contributed by atoms with Gasteiger partial charge in [-0.3, -0.25) is 19.4 Å². The Kier molecular flexibility index (Phi) is 7.21. The highest BCUT2D eigenvalue weighted by molar-refractivity contribution is 5.93. The summed E-state index contributed by atoms with van der Waals surface area (Å²) in [6.07, 6.45) is 7.81. The van der Waals surface area contributed by atoms with Crippen LogP contribution < -0.4 is 15.8 Å². The third-order valence-electron chi connectivity index (χ3n) is 5.20. The maximum atomic E-state index is 12.9. The van der Waals surface area contributed by atoms with Crippen LogP contribution in [0.15, 0.2) is 41.6 Å². The Bertz CT molecular complexity index is 956. The van der Waals surface area contributed by atoms with Crippen LogP contribution in [0.5, 0.6) is 0 Å². The number of hydrogen-bond donors (Lipinski definition) is 1. The van der Waals surface area contributed by atoms with Gasteiger partial charge in [-0.15, -0.1) is 0 Å². The molecule has 1 saturated heterocycles. The van der Waals surface area contributed by atoms with Crippen LogP contribution in [0.4, 0.5) is 11.4 Å². The summed E-state index contributed by atoms with van der Waals surface area (Å²) in [5.74, 6) is -0.760. The SMILES string of the molecule is CCOC(=O)Cn1cc(NC(=O)[C@H]2CCCN(c3cncc(CC)c3)C2)ccc1=O. The second-order valence-electron chi connectivity index (χ2n) is 7.37. The summed E-state index contributed by atoms with van der Waals surface area (Å²) < 4.78 is 6.13. The van der Waals surface area contributed by atoms with Crippen LogP contribution in [0.2, 0.25) is 0 Å². The third kappa shape index (κ3) is 5.46. The molecule has 160 valence electrons. The molecule has 0 aliphatic carbocycles. The second kappa shape index (κ2) is 10.0. The number of nitrogens with one attached hydrogen (secondary N) is 1. The number of aromatic nitrogens is 2. The predicted octanol–water partition coefficient (Wildman–Crippen LogP) is 2.22. The molecule has 0 saturated carbocycles. The van der Waals surface area contributed by atoms with Gasteiger partial charge in [0.15, 0.2) is 0 Å². The quantitative estimate of drug-likeness (QED) is 0.701. The number of ether oxygens (including phenoxy) is 1. The van der Waals surface area contributed by atoms with Gasteiger partial charge in [0.25, 0.3) is 5.56 Å². The summed E-state index contributed by atoms with van der Waals surface area (Å²) in [5, 5.41) is 2.89. The van der Waals surface area contributed by atoms with Gasteiger partial charge in [0, 0.05) is 31.5 Å². The molecule has 3 rings (SSSR count). The number of nitrogens with zero attached hydrogens (tertiary/aromatic N) is 3. The molecule has 0 spiro atoms. The molecule has 1 aliphatic rings. The Morgan fingerprint density at radius 3 is 2.87 bits per heavy atom. The van der Waals surface area contributed by atoms with Crippen LogP contribution in [0.1, 0.15) is 32.3 Å². The molecule has 0 radical (unpaired) electrons. The standard InChI is InChI=1S/C22H28N4O4/c1-3-16-10-19(12-23-11-16)25-9-5-6-17(13-25)22(29)24-18-7-8-20(27)26(14-18)15-21(28)30-4-2/h7-8,10-12,14,17H,3-6,9,13,15H2,1-2H3,(H,24,29)/t17-/m0/s1. The largest absolute Gasteiger partial charge is 0.465 e. The van der Waals surface area contributed by atoms with Crippen molar-refractivity contribution in [2.75, 3.05) is 29.9 Å². The number of rotatable bonds is 7. The normalized spacial score (nSPS) is 16.2. The first-order chi connectivity index (χ1) is 14.5. The molecule has 8 nitrogen and oxygen atoms in total. The van der Waals surface area contributed by atoms with Gasteiger partial charge in [0.05, 0.1) is 30.1 Å². The van der Waals surface area contributed by atoms with Gasteiger partial charge in [0.1, 0.15) is 6.54 Å². The van der Waals surface area contributed by atoms with Gasteiger partial charge in [0.2, 0.25) is 5.91 Å². The van der Waals surface area contributed by atoms with Crippen molar-refractivity contribution in [3.8, 4) is 0 Å². The summed E-state index contributed by atoms with van der Waals surface area (Å²) >= 11 is 0. The molecule has 1 amide bonds. The summed E-state index contributed by atoms with van der Waals surface area (Å²) in [7, 11) is 0. The molecular weight excluding hydrogens is 384 g/mol. The van der Waals surface area contributed by atoms with E-state index in [0.29, 0.717) is 12.2 Å². The molecule has 8 heteroatoms. The molecule has 1 N–H and O–H groups in total. The van der Waals surface area contributed by atoms with Crippen molar-refractivity contribution in [2.45, 2.75) is 39.7 Å². The van der Waals surface area contributed by atoms with E-state index >= 15 is 0 Å². The lowest BCUT2D eigenvalue weighted by Gasteiger charge is -2.33. The lowest BCUT2D eigenvalue weighted by Crippen LogP contribution is -2.41. The highest BCUT2D eigenvalue weighted by Gasteiger charge is 2.26. The highest BCUT2D eigenvalue weighted by Crippen LogP contribution is 2.24. The van der Waals surface area contributed by atoms with Crippen LogP contribution in [-0.2, 0) is 27.3 Å². The fourth-order valence-corrected chi connectivity index (χ4v) is 3.58. The van der Waals surface area contributed by atoms with Crippen molar-refractivity contribution in [1.29, 1.82) is 0 Å². The number of aryl methyl sites for hydroxylation is 1. The lowest BCUT2D eigenvalue weighted by atomic mass is 9.96. The smallest absolute Gasteiger partial charge is 0.326 e. The van der Waals surface area contributed by atoms with E-state index < -0.39 is 5.97 Å². The Morgan fingerprint density at radius 2 is 2.10 bits per heavy atom. The van der Waals surface area contributed by atoms with E-state index in [4.69, 9.17) is 4.74 Å². The van der Waals surface area contributed by atoms with Crippen molar-refractivity contribution in [3.05, 3.63) is 52.7 Å². The number of amides is 1. The van der Waals surface area contributed by atoms with Crippen LogP contribution in [-0.4, -0.2) is 41.1 Å². The Morgan fingerprint density at radius 1 is 1.27 bits per heavy atom. The molecule has 0 bridgehead atoms. The van der Waals surface area contributed by atoms with Gasteiger partial charge in [-0.05, 0) is 43.9 Å². The zero-order valence-electron chi connectivity index (χ0n) is 17.5. The fraction of sp³-hybridized carbons (Fsp3) is 0.455. The first kappa shape index (κ1) is 21.5. The van der Waals surface area contributed by atoms with Gasteiger partial charge in [-0.2, -0.15) is 0 Å². The van der Waals surface area contributed by atoms with E-state index in [9.17, 15) is 14.4 Å². The fourth-order valence-electron chi connectivity index (χ4n) is 3.58. The van der Waals surface area contributed by atoms with Crippen molar-refractivity contribution in [2.24, 2.45) is 5.92 Å². The molecule has 2 aromatic heterocycles. The van der Waals surface area contributed by atoms with Crippen molar-refractivity contribution >= 4 is 23.3 Å². The van der Waals surface area contributed by atoms with E-state index in [-0.39, 0.29) is 30.5 Å². The Hall–Kier alpha value is -3.16. The van der Waals surface area contributed by atoms with E-state index in [1.54, 1.807) is 13.0 Å². The molecule has 30 heavy (non-hydrogen) atoms. The topological polar surface area (TPSA) is 93.5 Å². The molecule has 0 unspecified atom stereocenters. The minimum atomic E-state index is -0.492. The van der Waals surface area contributed by atoms with E-state index in [1.165, 1.54) is 22.4 Å². The third-order valence-corrected chi connectivity index (χ3v) is 5.20. The minimum Gasteiger partial charge on any atom is -0.465 e. The summed E-state index contributed by atoms with van der Waals surface area (Å²) in [6.45, 7) is 5.37. The lowest BCUT2D eigenvalue weighted by molar-refractivity contribution is -0.143. The molecule has 1 aliphatic heterocycles. The average Bonchev–Trinajstić information content (AvgIpc) is 2.76. The number of piperidine rings is 1. The maximum absolute atomic E-state index is 12.9. The van der Waals surface area contributed by atoms with Crippen LogP contribution in [0.25, 0.3) is 0 Å². The highest BCUT2D eigenvalue weighted by atomic mass is 16.5. The van der Waals surface area contributed by atoms with E-state index in [1.807, 2.05) is 12.4 Å². The summed E-state index contributed by atoms with van der Waals surface area (Å²) in [6, 6.07) is 5.01. The predicted molar refractivity (Wildman–Crippen MR) is 115 cm³/mol. The Labute approximate surface area is 175 Å². The number of esters is 1. The first-order valence-corrected chi connectivity index (χ1v) is 10.4. The summed E-state index contributed by atoms with van der Waals surface area (Å²) in [5.41, 5.74) is 2.36. The molecule has 1 fully saturated rings. The zero-order chi connectivity index (χ0) is 21.5. The van der Waals surface area contributed by atoms with E-state index in [2.05, 4.69) is 28.2 Å². The summed E-state index contributed by atoms with van der Waals surface area (Å²) in [4.78, 5) is 43.0. The minimum absolute atomic E-state index is 0.0966. The number of carbonyl (C=O) groups is 2. The molecule has 2 aromatic rings. The maximum Gasteiger partial charge on any atom is 0.326 e. The monoisotopic (exact) mass is 412 g/mol. The first-order valence-electron chi connectivity index (χ1n) is 10.4. The van der Waals surface area contributed by atoms with Gasteiger partial charge in [-0.1, -0.05) is 6.92 Å². The van der Waals surface area contributed by atoms with Crippen LogP contribution >= 0.6 is 0 Å².